The number of nitrogens with zero attached hydrogens (tertiary/aromatic N) is 3. The molecule has 2 rings (SSSR count). The van der Waals surface area contributed by atoms with Gasteiger partial charge in [-0.05, 0) is 17.7 Å². The molecular formula is C10H5Cl3N4O. The minimum Gasteiger partial charge on any atom is -0.306 e. The van der Waals surface area contributed by atoms with E-state index in [0.717, 1.165) is 0 Å². The van der Waals surface area contributed by atoms with Gasteiger partial charge >= 0.3 is 0 Å². The number of carbonyl (C=O) groups excluding carboxylic acids is 1. The maximum absolute atomic E-state index is 11.9. The summed E-state index contributed by atoms with van der Waals surface area (Å²) in [6.07, 6.45) is 2.83. The second kappa shape index (κ2) is 5.48. The quantitative estimate of drug-likeness (QED) is 0.684. The SMILES string of the molecule is O=C(Nc1cc(Cl)nc(Cl)n1)c1cnccc1Cl. The smallest absolute Gasteiger partial charge is 0.259 e. The molecule has 0 aliphatic rings. The molecule has 2 aromatic rings. The summed E-state index contributed by atoms with van der Waals surface area (Å²) in [7, 11) is 0. The van der Waals surface area contributed by atoms with Crippen LogP contribution in [0.2, 0.25) is 15.5 Å². The number of anilines is 1. The molecule has 0 aromatic carbocycles. The van der Waals surface area contributed by atoms with Gasteiger partial charge < -0.3 is 5.32 Å². The van der Waals surface area contributed by atoms with Crippen LogP contribution >= 0.6 is 34.8 Å². The summed E-state index contributed by atoms with van der Waals surface area (Å²) in [6, 6.07) is 2.88. The van der Waals surface area contributed by atoms with Crippen LogP contribution in [0.15, 0.2) is 24.5 Å². The fourth-order valence-electron chi connectivity index (χ4n) is 1.18. The van der Waals surface area contributed by atoms with Gasteiger partial charge in [0, 0.05) is 18.5 Å². The first-order valence-corrected chi connectivity index (χ1v) is 5.80. The first-order valence-electron chi connectivity index (χ1n) is 4.67. The van der Waals surface area contributed by atoms with Crippen LogP contribution in [0.5, 0.6) is 0 Å². The molecule has 0 aliphatic carbocycles. The van der Waals surface area contributed by atoms with Gasteiger partial charge in [-0.25, -0.2) is 9.97 Å². The second-order valence-corrected chi connectivity index (χ2v) is 4.29. The first-order chi connectivity index (χ1) is 8.56. The van der Waals surface area contributed by atoms with E-state index in [4.69, 9.17) is 34.8 Å². The molecule has 0 bridgehead atoms. The van der Waals surface area contributed by atoms with Crippen molar-refractivity contribution in [3.8, 4) is 0 Å². The van der Waals surface area contributed by atoms with Crippen LogP contribution < -0.4 is 5.32 Å². The van der Waals surface area contributed by atoms with Crippen molar-refractivity contribution in [1.29, 1.82) is 0 Å². The highest BCUT2D eigenvalue weighted by molar-refractivity contribution is 6.34. The molecule has 0 saturated heterocycles. The van der Waals surface area contributed by atoms with E-state index in [1.807, 2.05) is 0 Å². The molecule has 8 heteroatoms. The van der Waals surface area contributed by atoms with Gasteiger partial charge in [0.2, 0.25) is 5.28 Å². The zero-order valence-electron chi connectivity index (χ0n) is 8.69. The molecule has 0 fully saturated rings. The number of halogens is 3. The molecule has 2 heterocycles. The molecule has 1 N–H and O–H groups in total. The summed E-state index contributed by atoms with van der Waals surface area (Å²) >= 11 is 17.2. The zero-order chi connectivity index (χ0) is 13.1. The third kappa shape index (κ3) is 3.07. The average molecular weight is 304 g/mol. The Hall–Kier alpha value is -1.43. The number of hydrogen-bond donors (Lipinski definition) is 1. The normalized spacial score (nSPS) is 10.2. The van der Waals surface area contributed by atoms with Crippen LogP contribution in [-0.2, 0) is 0 Å². The van der Waals surface area contributed by atoms with E-state index in [1.54, 1.807) is 0 Å². The number of aromatic nitrogens is 3. The number of pyridine rings is 1. The van der Waals surface area contributed by atoms with Crippen molar-refractivity contribution in [2.24, 2.45) is 0 Å². The topological polar surface area (TPSA) is 67.8 Å². The monoisotopic (exact) mass is 302 g/mol. The summed E-state index contributed by atoms with van der Waals surface area (Å²) < 4.78 is 0. The van der Waals surface area contributed by atoms with Crippen LogP contribution in [0.1, 0.15) is 10.4 Å². The van der Waals surface area contributed by atoms with Crippen molar-refractivity contribution in [1.82, 2.24) is 15.0 Å². The highest BCUT2D eigenvalue weighted by atomic mass is 35.5. The summed E-state index contributed by atoms with van der Waals surface area (Å²) in [5.74, 6) is -0.274. The Balaban J connectivity index is 2.24. The minimum atomic E-state index is -0.459. The van der Waals surface area contributed by atoms with Crippen LogP contribution in [0.25, 0.3) is 0 Å². The van der Waals surface area contributed by atoms with Crippen molar-refractivity contribution in [3.63, 3.8) is 0 Å². The summed E-state index contributed by atoms with van der Waals surface area (Å²) in [5.41, 5.74) is 0.227. The van der Waals surface area contributed by atoms with Gasteiger partial charge in [0.25, 0.3) is 5.91 Å². The standard InChI is InChI=1S/C10H5Cl3N4O/c11-6-1-2-14-4-5(6)9(18)16-8-3-7(12)15-10(13)17-8/h1-4H,(H,15,16,17,18). The molecule has 0 saturated carbocycles. The maximum atomic E-state index is 11.9. The highest BCUT2D eigenvalue weighted by Crippen LogP contribution is 2.18. The van der Waals surface area contributed by atoms with Gasteiger partial charge in [-0.2, -0.15) is 0 Å². The Bertz CT molecular complexity index is 585. The third-order valence-corrected chi connectivity index (χ3v) is 2.61. The Kier molecular flexibility index (Phi) is 3.96. The molecule has 18 heavy (non-hydrogen) atoms. The van der Waals surface area contributed by atoms with Crippen LogP contribution in [-0.4, -0.2) is 20.9 Å². The van der Waals surface area contributed by atoms with E-state index in [9.17, 15) is 4.79 Å². The summed E-state index contributed by atoms with van der Waals surface area (Å²) in [5, 5.41) is 2.85. The van der Waals surface area contributed by atoms with E-state index in [-0.39, 0.29) is 26.8 Å². The molecule has 0 aliphatic heterocycles. The van der Waals surface area contributed by atoms with Crippen molar-refractivity contribution < 1.29 is 4.79 Å². The van der Waals surface area contributed by atoms with E-state index in [2.05, 4.69) is 20.3 Å². The Morgan fingerprint density at radius 2 is 2.00 bits per heavy atom. The molecule has 0 atom stereocenters. The van der Waals surface area contributed by atoms with Gasteiger partial charge in [-0.15, -0.1) is 0 Å². The van der Waals surface area contributed by atoms with E-state index in [1.165, 1.54) is 24.5 Å². The predicted octanol–water partition coefficient (Wildman–Crippen LogP) is 3.08. The van der Waals surface area contributed by atoms with E-state index < -0.39 is 5.91 Å². The third-order valence-electron chi connectivity index (χ3n) is 1.92. The molecule has 2 aromatic heterocycles. The number of rotatable bonds is 2. The van der Waals surface area contributed by atoms with E-state index >= 15 is 0 Å². The van der Waals surface area contributed by atoms with Crippen molar-refractivity contribution in [3.05, 3.63) is 45.5 Å². The lowest BCUT2D eigenvalue weighted by molar-refractivity contribution is 0.102. The van der Waals surface area contributed by atoms with Gasteiger partial charge in [-0.3, -0.25) is 9.78 Å². The maximum Gasteiger partial charge on any atom is 0.259 e. The molecular weight excluding hydrogens is 298 g/mol. The molecule has 1 amide bonds. The van der Waals surface area contributed by atoms with Crippen molar-refractivity contribution in [2.75, 3.05) is 5.32 Å². The summed E-state index contributed by atoms with van der Waals surface area (Å²) in [6.45, 7) is 0. The number of nitrogens with one attached hydrogen (secondary N) is 1. The average Bonchev–Trinajstić information content (AvgIpc) is 2.27. The fourth-order valence-corrected chi connectivity index (χ4v) is 1.78. The summed E-state index contributed by atoms with van der Waals surface area (Å²) in [4.78, 5) is 23.2. The first kappa shape index (κ1) is 13.0. The lowest BCUT2D eigenvalue weighted by Gasteiger charge is -2.05. The van der Waals surface area contributed by atoms with Gasteiger partial charge in [0.05, 0.1) is 10.6 Å². The van der Waals surface area contributed by atoms with Crippen LogP contribution in [0.3, 0.4) is 0 Å². The largest absolute Gasteiger partial charge is 0.306 e. The number of hydrogen-bond acceptors (Lipinski definition) is 4. The zero-order valence-corrected chi connectivity index (χ0v) is 11.0. The molecule has 92 valence electrons. The highest BCUT2D eigenvalue weighted by Gasteiger charge is 2.12. The van der Waals surface area contributed by atoms with Gasteiger partial charge in [-0.1, -0.05) is 23.2 Å². The molecule has 0 unspecified atom stereocenters. The molecule has 0 spiro atoms. The number of amides is 1. The van der Waals surface area contributed by atoms with Gasteiger partial charge in [0.1, 0.15) is 11.0 Å². The second-order valence-electron chi connectivity index (χ2n) is 3.15. The van der Waals surface area contributed by atoms with Crippen LogP contribution in [0.4, 0.5) is 5.82 Å². The molecule has 0 radical (unpaired) electrons. The van der Waals surface area contributed by atoms with Crippen molar-refractivity contribution in [2.45, 2.75) is 0 Å². The Morgan fingerprint density at radius 1 is 1.22 bits per heavy atom. The minimum absolute atomic E-state index is 0.0601. The van der Waals surface area contributed by atoms with Gasteiger partial charge in [0.15, 0.2) is 0 Å². The van der Waals surface area contributed by atoms with Crippen molar-refractivity contribution >= 4 is 46.5 Å². The Labute approximate surface area is 117 Å². The van der Waals surface area contributed by atoms with Crippen LogP contribution in [0, 0.1) is 0 Å². The number of carbonyl (C=O) groups is 1. The lowest BCUT2D eigenvalue weighted by atomic mass is 10.2. The predicted molar refractivity (Wildman–Crippen MR) is 69.3 cm³/mol. The Morgan fingerprint density at radius 3 is 2.67 bits per heavy atom. The molecule has 5 nitrogen and oxygen atoms in total. The lowest BCUT2D eigenvalue weighted by Crippen LogP contribution is -2.14. The fraction of sp³-hybridized carbons (Fsp3) is 0. The van der Waals surface area contributed by atoms with E-state index in [0.29, 0.717) is 0 Å².